The van der Waals surface area contributed by atoms with Crippen LogP contribution in [-0.2, 0) is 6.42 Å². The molecule has 0 spiro atoms. The first-order valence-electron chi connectivity index (χ1n) is 5.41. The molecule has 0 bridgehead atoms. The molecule has 0 atom stereocenters. The van der Waals surface area contributed by atoms with Gasteiger partial charge in [0.2, 0.25) is 0 Å². The van der Waals surface area contributed by atoms with Crippen LogP contribution in [0.1, 0.15) is 47.2 Å². The van der Waals surface area contributed by atoms with Crippen molar-refractivity contribution in [3.63, 3.8) is 0 Å². The quantitative estimate of drug-likeness (QED) is 0.826. The number of thiazole rings is 1. The van der Waals surface area contributed by atoms with E-state index in [1.54, 1.807) is 11.3 Å². The first kappa shape index (κ1) is 11.0. The van der Waals surface area contributed by atoms with Crippen LogP contribution in [0.15, 0.2) is 0 Å². The van der Waals surface area contributed by atoms with Gasteiger partial charge in [0.25, 0.3) is 0 Å². The Bertz CT molecular complexity index is 365. The molecule has 1 aromatic rings. The van der Waals surface area contributed by atoms with E-state index in [9.17, 15) is 0 Å². The fraction of sp³-hybridized carbons (Fsp3) is 0.636. The summed E-state index contributed by atoms with van der Waals surface area (Å²) in [7, 11) is 0. The molecule has 0 unspecified atom stereocenters. The zero-order chi connectivity index (χ0) is 10.8. The summed E-state index contributed by atoms with van der Waals surface area (Å²) in [5.41, 5.74) is 6.84. The maximum atomic E-state index is 5.54. The Labute approximate surface area is 99.9 Å². The lowest BCUT2D eigenvalue weighted by atomic mass is 10.0. The molecule has 4 heteroatoms. The molecule has 1 fully saturated rings. The monoisotopic (exact) mass is 240 g/mol. The van der Waals surface area contributed by atoms with Gasteiger partial charge >= 0.3 is 0 Å². The Morgan fingerprint density at radius 2 is 2.20 bits per heavy atom. The van der Waals surface area contributed by atoms with Crippen LogP contribution in [0, 0.1) is 6.92 Å². The predicted molar refractivity (Wildman–Crippen MR) is 68.5 cm³/mol. The van der Waals surface area contributed by atoms with Gasteiger partial charge < -0.3 is 5.73 Å². The summed E-state index contributed by atoms with van der Waals surface area (Å²) in [5, 5.41) is 1.09. The molecule has 1 aromatic heterocycles. The Morgan fingerprint density at radius 1 is 1.53 bits per heavy atom. The lowest BCUT2D eigenvalue weighted by Gasteiger charge is -2.05. The van der Waals surface area contributed by atoms with Gasteiger partial charge in [-0.1, -0.05) is 25.1 Å². The van der Waals surface area contributed by atoms with Crippen molar-refractivity contribution in [3.05, 3.63) is 15.6 Å². The second-order valence-corrected chi connectivity index (χ2v) is 5.99. The molecule has 0 aliphatic heterocycles. The van der Waals surface area contributed by atoms with Crippen molar-refractivity contribution >= 4 is 28.5 Å². The molecular formula is C11H16N2S2. The fourth-order valence-electron chi connectivity index (χ4n) is 2.27. The van der Waals surface area contributed by atoms with Crippen molar-refractivity contribution in [2.24, 2.45) is 5.73 Å². The van der Waals surface area contributed by atoms with Crippen molar-refractivity contribution in [3.8, 4) is 0 Å². The summed E-state index contributed by atoms with van der Waals surface area (Å²) in [6.45, 7) is 2.16. The van der Waals surface area contributed by atoms with Gasteiger partial charge in [0, 0.05) is 17.2 Å². The maximum absolute atomic E-state index is 5.54. The van der Waals surface area contributed by atoms with Crippen molar-refractivity contribution in [2.45, 2.75) is 44.9 Å². The summed E-state index contributed by atoms with van der Waals surface area (Å²) in [6.07, 6.45) is 5.97. The highest BCUT2D eigenvalue weighted by Crippen LogP contribution is 2.36. The van der Waals surface area contributed by atoms with Gasteiger partial charge in [-0.05, 0) is 19.8 Å². The molecule has 2 rings (SSSR count). The second-order valence-electron chi connectivity index (χ2n) is 4.17. The van der Waals surface area contributed by atoms with Crippen LogP contribution in [-0.4, -0.2) is 9.97 Å². The molecule has 0 radical (unpaired) electrons. The van der Waals surface area contributed by atoms with E-state index in [4.69, 9.17) is 18.0 Å². The smallest absolute Gasteiger partial charge is 0.0998 e. The highest BCUT2D eigenvalue weighted by molar-refractivity contribution is 7.80. The summed E-state index contributed by atoms with van der Waals surface area (Å²) < 4.78 is 0. The van der Waals surface area contributed by atoms with E-state index in [-0.39, 0.29) is 0 Å². The Kier molecular flexibility index (Phi) is 3.36. The third-order valence-electron chi connectivity index (χ3n) is 2.94. The number of hydrogen-bond acceptors (Lipinski definition) is 3. The van der Waals surface area contributed by atoms with E-state index >= 15 is 0 Å². The van der Waals surface area contributed by atoms with Crippen LogP contribution in [0.3, 0.4) is 0 Å². The number of thiocarbonyl (C=S) groups is 1. The van der Waals surface area contributed by atoms with Crippen molar-refractivity contribution in [1.82, 2.24) is 4.98 Å². The van der Waals surface area contributed by atoms with Gasteiger partial charge in [-0.3, -0.25) is 0 Å². The third kappa shape index (κ3) is 2.55. The standard InChI is InChI=1S/C11H16N2S2/c1-7-11(8-4-2-3-5-8)13-10(15-7)6-9(12)14/h8H,2-6H2,1H3,(H2,12,14). The van der Waals surface area contributed by atoms with Crippen LogP contribution >= 0.6 is 23.6 Å². The highest BCUT2D eigenvalue weighted by Gasteiger charge is 2.22. The van der Waals surface area contributed by atoms with Gasteiger partial charge in [0.05, 0.1) is 15.7 Å². The second kappa shape index (κ2) is 4.58. The average Bonchev–Trinajstić information content (AvgIpc) is 2.72. The van der Waals surface area contributed by atoms with E-state index in [1.165, 1.54) is 36.3 Å². The normalized spacial score (nSPS) is 17.1. The van der Waals surface area contributed by atoms with E-state index in [0.29, 0.717) is 17.3 Å². The number of rotatable bonds is 3. The molecule has 82 valence electrons. The predicted octanol–water partition coefficient (Wildman–Crippen LogP) is 2.94. The lowest BCUT2D eigenvalue weighted by molar-refractivity contribution is 0.696. The van der Waals surface area contributed by atoms with Crippen molar-refractivity contribution < 1.29 is 0 Å². The number of nitrogens with zero attached hydrogens (tertiary/aromatic N) is 1. The summed E-state index contributed by atoms with van der Waals surface area (Å²) in [4.78, 5) is 6.58. The number of aryl methyl sites for hydroxylation is 1. The third-order valence-corrected chi connectivity index (χ3v) is 4.08. The summed E-state index contributed by atoms with van der Waals surface area (Å²) in [5.74, 6) is 0.696. The van der Waals surface area contributed by atoms with E-state index in [2.05, 4.69) is 11.9 Å². The Balaban J connectivity index is 2.17. The molecule has 0 saturated heterocycles. The largest absolute Gasteiger partial charge is 0.393 e. The van der Waals surface area contributed by atoms with Gasteiger partial charge in [-0.25, -0.2) is 4.98 Å². The zero-order valence-corrected chi connectivity index (χ0v) is 10.6. The topological polar surface area (TPSA) is 38.9 Å². The molecular weight excluding hydrogens is 224 g/mol. The molecule has 2 N–H and O–H groups in total. The van der Waals surface area contributed by atoms with Crippen LogP contribution < -0.4 is 5.73 Å². The fourth-order valence-corrected chi connectivity index (χ4v) is 3.54. The molecule has 1 aliphatic rings. The average molecular weight is 240 g/mol. The van der Waals surface area contributed by atoms with Crippen LogP contribution in [0.5, 0.6) is 0 Å². The highest BCUT2D eigenvalue weighted by atomic mass is 32.1. The molecule has 1 saturated carbocycles. The lowest BCUT2D eigenvalue weighted by Crippen LogP contribution is -2.10. The SMILES string of the molecule is Cc1sc(CC(N)=S)nc1C1CCCC1. The first-order valence-corrected chi connectivity index (χ1v) is 6.64. The number of nitrogens with two attached hydrogens (primary N) is 1. The summed E-state index contributed by atoms with van der Waals surface area (Å²) >= 11 is 6.66. The van der Waals surface area contributed by atoms with Gasteiger partial charge in [0.15, 0.2) is 0 Å². The molecule has 1 heterocycles. The minimum absolute atomic E-state index is 0.543. The number of aromatic nitrogens is 1. The minimum atomic E-state index is 0.543. The van der Waals surface area contributed by atoms with E-state index in [1.807, 2.05) is 0 Å². The Morgan fingerprint density at radius 3 is 2.80 bits per heavy atom. The van der Waals surface area contributed by atoms with Gasteiger partial charge in [-0.15, -0.1) is 11.3 Å². The van der Waals surface area contributed by atoms with Crippen molar-refractivity contribution in [2.75, 3.05) is 0 Å². The van der Waals surface area contributed by atoms with Gasteiger partial charge in [0.1, 0.15) is 0 Å². The molecule has 0 amide bonds. The van der Waals surface area contributed by atoms with Crippen LogP contribution in [0.2, 0.25) is 0 Å². The molecule has 1 aliphatic carbocycles. The zero-order valence-electron chi connectivity index (χ0n) is 8.95. The maximum Gasteiger partial charge on any atom is 0.0998 e. The van der Waals surface area contributed by atoms with Crippen molar-refractivity contribution in [1.29, 1.82) is 0 Å². The molecule has 15 heavy (non-hydrogen) atoms. The van der Waals surface area contributed by atoms with E-state index in [0.717, 1.165) is 5.01 Å². The van der Waals surface area contributed by atoms with Crippen LogP contribution in [0.25, 0.3) is 0 Å². The van der Waals surface area contributed by atoms with Crippen LogP contribution in [0.4, 0.5) is 0 Å². The molecule has 2 nitrogen and oxygen atoms in total. The van der Waals surface area contributed by atoms with Gasteiger partial charge in [-0.2, -0.15) is 0 Å². The van der Waals surface area contributed by atoms with E-state index < -0.39 is 0 Å². The first-order chi connectivity index (χ1) is 7.16. The Hall–Kier alpha value is -0.480. The molecule has 0 aromatic carbocycles. The minimum Gasteiger partial charge on any atom is -0.393 e. The number of hydrogen-bond donors (Lipinski definition) is 1. The summed E-state index contributed by atoms with van der Waals surface area (Å²) in [6, 6.07) is 0.